The van der Waals surface area contributed by atoms with Gasteiger partial charge in [-0.15, -0.1) is 0 Å². The minimum absolute atomic E-state index is 0.0244. The molecule has 2 N–H and O–H groups in total. The average Bonchev–Trinajstić information content (AvgIpc) is 3.19. The Morgan fingerprint density at radius 2 is 2.05 bits per heavy atom. The summed E-state index contributed by atoms with van der Waals surface area (Å²) in [5, 5.41) is 3.31. The molecule has 0 spiro atoms. The molecule has 0 heterocycles. The van der Waals surface area contributed by atoms with Crippen LogP contribution in [0, 0.1) is 6.92 Å². The van der Waals surface area contributed by atoms with Crippen LogP contribution in [-0.2, 0) is 16.6 Å². The molecule has 0 bridgehead atoms. The normalized spacial score (nSPS) is 15.8. The van der Waals surface area contributed by atoms with Gasteiger partial charge in [0, 0.05) is 12.6 Å². The SMILES string of the molecule is Cc1ccc(S(=O)(=O)NCC(F)F)cc1CNC1CC1. The number of benzene rings is 1. The zero-order chi connectivity index (χ0) is 14.8. The molecule has 1 saturated carbocycles. The van der Waals surface area contributed by atoms with Gasteiger partial charge in [-0.3, -0.25) is 0 Å². The lowest BCUT2D eigenvalue weighted by Crippen LogP contribution is -2.28. The molecule has 1 aliphatic carbocycles. The number of sulfonamides is 1. The predicted molar refractivity (Wildman–Crippen MR) is 72.2 cm³/mol. The highest BCUT2D eigenvalue weighted by atomic mass is 32.2. The van der Waals surface area contributed by atoms with E-state index in [9.17, 15) is 17.2 Å². The van der Waals surface area contributed by atoms with E-state index in [0.717, 1.165) is 24.0 Å². The van der Waals surface area contributed by atoms with Crippen LogP contribution in [-0.4, -0.2) is 27.4 Å². The number of hydrogen-bond acceptors (Lipinski definition) is 3. The van der Waals surface area contributed by atoms with E-state index in [2.05, 4.69) is 5.32 Å². The van der Waals surface area contributed by atoms with Crippen molar-refractivity contribution in [3.05, 3.63) is 29.3 Å². The topological polar surface area (TPSA) is 58.2 Å². The highest BCUT2D eigenvalue weighted by molar-refractivity contribution is 7.89. The Labute approximate surface area is 117 Å². The smallest absolute Gasteiger partial charge is 0.251 e. The van der Waals surface area contributed by atoms with Crippen molar-refractivity contribution in [2.24, 2.45) is 0 Å². The first-order chi connectivity index (χ1) is 9.38. The van der Waals surface area contributed by atoms with E-state index < -0.39 is 23.0 Å². The van der Waals surface area contributed by atoms with Crippen molar-refractivity contribution in [3.63, 3.8) is 0 Å². The second-order valence-electron chi connectivity index (χ2n) is 4.99. The molecule has 0 aromatic heterocycles. The molecule has 1 aliphatic rings. The molecule has 20 heavy (non-hydrogen) atoms. The summed E-state index contributed by atoms with van der Waals surface area (Å²) in [4.78, 5) is 0.0244. The molecule has 1 aromatic carbocycles. The van der Waals surface area contributed by atoms with E-state index in [1.54, 1.807) is 12.1 Å². The number of nitrogens with one attached hydrogen (secondary N) is 2. The maximum Gasteiger partial charge on any atom is 0.251 e. The largest absolute Gasteiger partial charge is 0.310 e. The molecule has 0 amide bonds. The van der Waals surface area contributed by atoms with Gasteiger partial charge in [-0.1, -0.05) is 6.07 Å². The fourth-order valence-electron chi connectivity index (χ4n) is 1.80. The third kappa shape index (κ3) is 4.22. The van der Waals surface area contributed by atoms with Crippen LogP contribution in [0.5, 0.6) is 0 Å². The van der Waals surface area contributed by atoms with E-state index in [1.165, 1.54) is 6.07 Å². The van der Waals surface area contributed by atoms with Crippen molar-refractivity contribution in [2.75, 3.05) is 6.54 Å². The highest BCUT2D eigenvalue weighted by Gasteiger charge is 2.21. The fraction of sp³-hybridized carbons (Fsp3) is 0.538. The molecule has 2 rings (SSSR count). The third-order valence-electron chi connectivity index (χ3n) is 3.22. The van der Waals surface area contributed by atoms with Crippen LogP contribution in [0.25, 0.3) is 0 Å². The number of rotatable bonds is 7. The molecule has 0 saturated heterocycles. The first kappa shape index (κ1) is 15.3. The Morgan fingerprint density at radius 3 is 2.65 bits per heavy atom. The van der Waals surface area contributed by atoms with Gasteiger partial charge in [-0.2, -0.15) is 0 Å². The summed E-state index contributed by atoms with van der Waals surface area (Å²) in [6.07, 6.45) is -0.411. The number of aryl methyl sites for hydroxylation is 1. The lowest BCUT2D eigenvalue weighted by atomic mass is 10.1. The highest BCUT2D eigenvalue weighted by Crippen LogP contribution is 2.21. The van der Waals surface area contributed by atoms with Crippen molar-refractivity contribution < 1.29 is 17.2 Å². The monoisotopic (exact) mass is 304 g/mol. The van der Waals surface area contributed by atoms with Crippen molar-refractivity contribution in [1.29, 1.82) is 0 Å². The van der Waals surface area contributed by atoms with Crippen LogP contribution in [0.1, 0.15) is 24.0 Å². The van der Waals surface area contributed by atoms with Gasteiger partial charge >= 0.3 is 0 Å². The quantitative estimate of drug-likeness (QED) is 0.807. The van der Waals surface area contributed by atoms with Crippen molar-refractivity contribution in [1.82, 2.24) is 10.0 Å². The van der Waals surface area contributed by atoms with E-state index in [-0.39, 0.29) is 4.90 Å². The van der Waals surface area contributed by atoms with E-state index in [4.69, 9.17) is 0 Å². The standard InChI is InChI=1S/C13H18F2N2O2S/c1-9-2-5-12(20(18,19)17-8-13(14)15)6-10(9)7-16-11-3-4-11/h2,5-6,11,13,16-17H,3-4,7-8H2,1H3. The Morgan fingerprint density at radius 1 is 1.35 bits per heavy atom. The summed E-state index contributed by atoms with van der Waals surface area (Å²) in [6.45, 7) is 1.62. The maximum absolute atomic E-state index is 12.1. The Kier molecular flexibility index (Phi) is 4.72. The number of alkyl halides is 2. The maximum atomic E-state index is 12.1. The molecular formula is C13H18F2N2O2S. The second-order valence-corrected chi connectivity index (χ2v) is 6.75. The fourth-order valence-corrected chi connectivity index (χ4v) is 2.86. The molecular weight excluding hydrogens is 286 g/mol. The van der Waals surface area contributed by atoms with Crippen LogP contribution in [0.4, 0.5) is 8.78 Å². The van der Waals surface area contributed by atoms with Crippen LogP contribution >= 0.6 is 0 Å². The average molecular weight is 304 g/mol. The van der Waals surface area contributed by atoms with Gasteiger partial charge in [0.2, 0.25) is 10.0 Å². The first-order valence-electron chi connectivity index (χ1n) is 6.49. The van der Waals surface area contributed by atoms with Crippen LogP contribution in [0.3, 0.4) is 0 Å². The Hall–Kier alpha value is -1.05. The third-order valence-corrected chi connectivity index (χ3v) is 4.64. The van der Waals surface area contributed by atoms with Gasteiger partial charge in [0.1, 0.15) is 0 Å². The van der Waals surface area contributed by atoms with Gasteiger partial charge < -0.3 is 5.32 Å². The van der Waals surface area contributed by atoms with Gasteiger partial charge in [0.25, 0.3) is 6.43 Å². The summed E-state index contributed by atoms with van der Waals surface area (Å²) in [7, 11) is -3.88. The Balaban J connectivity index is 2.12. The molecule has 0 radical (unpaired) electrons. The van der Waals surface area contributed by atoms with Crippen molar-refractivity contribution >= 4 is 10.0 Å². The van der Waals surface area contributed by atoms with Gasteiger partial charge in [-0.25, -0.2) is 21.9 Å². The molecule has 112 valence electrons. The molecule has 0 atom stereocenters. The van der Waals surface area contributed by atoms with E-state index >= 15 is 0 Å². The summed E-state index contributed by atoms with van der Waals surface area (Å²) in [6, 6.07) is 5.19. The first-order valence-corrected chi connectivity index (χ1v) is 7.97. The summed E-state index contributed by atoms with van der Waals surface area (Å²) >= 11 is 0. The minimum Gasteiger partial charge on any atom is -0.310 e. The van der Waals surface area contributed by atoms with Crippen molar-refractivity contribution in [2.45, 2.75) is 43.7 Å². The van der Waals surface area contributed by atoms with Crippen LogP contribution in [0.2, 0.25) is 0 Å². The summed E-state index contributed by atoms with van der Waals surface area (Å²) < 4.78 is 49.9. The lowest BCUT2D eigenvalue weighted by Gasteiger charge is -2.11. The van der Waals surface area contributed by atoms with Crippen molar-refractivity contribution in [3.8, 4) is 0 Å². The second kappa shape index (κ2) is 6.15. The van der Waals surface area contributed by atoms with Crippen LogP contribution < -0.4 is 10.0 Å². The Bertz CT molecular complexity index is 572. The molecule has 4 nitrogen and oxygen atoms in total. The minimum atomic E-state index is -3.88. The van der Waals surface area contributed by atoms with Crippen LogP contribution in [0.15, 0.2) is 23.1 Å². The van der Waals surface area contributed by atoms with Gasteiger partial charge in [0.05, 0.1) is 11.4 Å². The number of hydrogen-bond donors (Lipinski definition) is 2. The zero-order valence-corrected chi connectivity index (χ0v) is 12.0. The summed E-state index contributed by atoms with van der Waals surface area (Å²) in [5.41, 5.74) is 1.85. The summed E-state index contributed by atoms with van der Waals surface area (Å²) in [5.74, 6) is 0. The van der Waals surface area contributed by atoms with E-state index in [0.29, 0.717) is 12.6 Å². The van der Waals surface area contributed by atoms with Gasteiger partial charge in [-0.05, 0) is 43.0 Å². The molecule has 0 aliphatic heterocycles. The van der Waals surface area contributed by atoms with E-state index in [1.807, 2.05) is 11.6 Å². The zero-order valence-electron chi connectivity index (χ0n) is 11.2. The molecule has 0 unspecified atom stereocenters. The van der Waals surface area contributed by atoms with Gasteiger partial charge in [0.15, 0.2) is 0 Å². The predicted octanol–water partition coefficient (Wildman–Crippen LogP) is 1.79. The molecule has 1 fully saturated rings. The number of halogens is 2. The lowest BCUT2D eigenvalue weighted by molar-refractivity contribution is 0.153. The molecule has 7 heteroatoms. The molecule has 1 aromatic rings.